The van der Waals surface area contributed by atoms with E-state index < -0.39 is 0 Å². The normalized spacial score (nSPS) is 11.2. The van der Waals surface area contributed by atoms with E-state index in [-0.39, 0.29) is 5.91 Å². The second-order valence-corrected chi connectivity index (χ2v) is 7.59. The number of amides is 1. The number of hydrogen-bond acceptors (Lipinski definition) is 4. The van der Waals surface area contributed by atoms with Crippen molar-refractivity contribution in [2.45, 2.75) is 19.9 Å². The van der Waals surface area contributed by atoms with Gasteiger partial charge in [-0.15, -0.1) is 11.3 Å². The first-order valence-electron chi connectivity index (χ1n) is 10.0. The third-order valence-corrected chi connectivity index (χ3v) is 5.29. The molecule has 1 heterocycles. The summed E-state index contributed by atoms with van der Waals surface area (Å²) in [5.41, 5.74) is 3.88. The highest BCUT2D eigenvalue weighted by Crippen LogP contribution is 2.21. The van der Waals surface area contributed by atoms with Crippen LogP contribution in [0.4, 0.5) is 0 Å². The molecule has 0 saturated heterocycles. The predicted molar refractivity (Wildman–Crippen MR) is 124 cm³/mol. The lowest BCUT2D eigenvalue weighted by molar-refractivity contribution is 0.0963. The number of nitrogens with one attached hydrogen (secondary N) is 3. The Hall–Kier alpha value is -3.19. The first kappa shape index (κ1) is 21.5. The second kappa shape index (κ2) is 11.1. The molecule has 0 atom stereocenters. The van der Waals surface area contributed by atoms with E-state index in [2.05, 4.69) is 38.5 Å². The maximum Gasteiger partial charge on any atom is 0.251 e. The van der Waals surface area contributed by atoms with Gasteiger partial charge < -0.3 is 16.0 Å². The number of guanidine groups is 1. The standard InChI is InChI=1S/C23H27N5OS/c1-3-25-23(26-13-12-17-8-7-11-19(14-17)22(29)24-2)27-15-21-28-20(16-30-21)18-9-5-4-6-10-18/h4-11,14,16H,3,12-13,15H2,1-2H3,(H,24,29)(H2,25,26,27). The van der Waals surface area contributed by atoms with Crippen LogP contribution in [0.25, 0.3) is 11.3 Å². The van der Waals surface area contributed by atoms with Gasteiger partial charge in [0, 0.05) is 36.6 Å². The lowest BCUT2D eigenvalue weighted by atomic mass is 10.1. The fourth-order valence-corrected chi connectivity index (χ4v) is 3.68. The molecule has 0 saturated carbocycles. The van der Waals surface area contributed by atoms with E-state index in [0.29, 0.717) is 12.1 Å². The van der Waals surface area contributed by atoms with Crippen LogP contribution in [0.3, 0.4) is 0 Å². The van der Waals surface area contributed by atoms with Crippen LogP contribution in [-0.2, 0) is 13.0 Å². The van der Waals surface area contributed by atoms with Crippen LogP contribution >= 0.6 is 11.3 Å². The van der Waals surface area contributed by atoms with Gasteiger partial charge in [0.05, 0.1) is 12.2 Å². The molecule has 0 spiro atoms. The first-order valence-corrected chi connectivity index (χ1v) is 10.9. The zero-order chi connectivity index (χ0) is 21.2. The molecule has 0 aliphatic heterocycles. The molecule has 30 heavy (non-hydrogen) atoms. The molecule has 1 aromatic heterocycles. The monoisotopic (exact) mass is 421 g/mol. The molecule has 0 bridgehead atoms. The molecule has 3 rings (SSSR count). The van der Waals surface area contributed by atoms with Crippen LogP contribution in [0, 0.1) is 0 Å². The number of hydrogen-bond donors (Lipinski definition) is 3. The summed E-state index contributed by atoms with van der Waals surface area (Å²) in [7, 11) is 1.64. The minimum atomic E-state index is -0.0713. The smallest absolute Gasteiger partial charge is 0.251 e. The number of thiazole rings is 1. The maximum atomic E-state index is 11.8. The highest BCUT2D eigenvalue weighted by Gasteiger charge is 2.06. The molecule has 3 N–H and O–H groups in total. The van der Waals surface area contributed by atoms with Crippen LogP contribution in [0.1, 0.15) is 27.9 Å². The number of aromatic nitrogens is 1. The van der Waals surface area contributed by atoms with Gasteiger partial charge in [0.25, 0.3) is 5.91 Å². The summed E-state index contributed by atoms with van der Waals surface area (Å²) in [5, 5.41) is 12.3. The number of nitrogens with zero attached hydrogens (tertiary/aromatic N) is 2. The van der Waals surface area contributed by atoms with Crippen molar-refractivity contribution < 1.29 is 4.79 Å². The quantitative estimate of drug-likeness (QED) is 0.384. The summed E-state index contributed by atoms with van der Waals surface area (Å²) in [4.78, 5) is 21.1. The fraction of sp³-hybridized carbons (Fsp3) is 0.261. The van der Waals surface area contributed by atoms with Crippen LogP contribution in [-0.4, -0.2) is 37.0 Å². The van der Waals surface area contributed by atoms with Gasteiger partial charge in [-0.3, -0.25) is 4.79 Å². The molecule has 0 aliphatic rings. The molecule has 156 valence electrons. The van der Waals surface area contributed by atoms with Crippen LogP contribution in [0.15, 0.2) is 65.0 Å². The third kappa shape index (κ3) is 6.15. The number of rotatable bonds is 8. The summed E-state index contributed by atoms with van der Waals surface area (Å²) in [6, 6.07) is 17.8. The maximum absolute atomic E-state index is 11.8. The summed E-state index contributed by atoms with van der Waals surface area (Å²) in [6.07, 6.45) is 0.796. The Labute approximate surface area is 181 Å². The van der Waals surface area contributed by atoms with Gasteiger partial charge in [-0.1, -0.05) is 42.5 Å². The van der Waals surface area contributed by atoms with Crippen molar-refractivity contribution in [3.8, 4) is 11.3 Å². The summed E-state index contributed by atoms with van der Waals surface area (Å²) >= 11 is 1.62. The zero-order valence-corrected chi connectivity index (χ0v) is 18.1. The zero-order valence-electron chi connectivity index (χ0n) is 17.3. The van der Waals surface area contributed by atoms with Crippen molar-refractivity contribution in [3.05, 3.63) is 76.1 Å². The molecule has 7 heteroatoms. The Morgan fingerprint density at radius 2 is 1.93 bits per heavy atom. The van der Waals surface area contributed by atoms with E-state index in [1.807, 2.05) is 49.4 Å². The topological polar surface area (TPSA) is 78.4 Å². The van der Waals surface area contributed by atoms with Crippen LogP contribution in [0.5, 0.6) is 0 Å². The average molecular weight is 422 g/mol. The molecule has 1 amide bonds. The van der Waals surface area contributed by atoms with Gasteiger partial charge in [0.1, 0.15) is 5.01 Å². The van der Waals surface area contributed by atoms with Gasteiger partial charge in [-0.25, -0.2) is 9.98 Å². The van der Waals surface area contributed by atoms with Crippen molar-refractivity contribution in [1.82, 2.24) is 20.9 Å². The Balaban J connectivity index is 1.56. The Bertz CT molecular complexity index is 984. The lowest BCUT2D eigenvalue weighted by Crippen LogP contribution is -2.38. The van der Waals surface area contributed by atoms with E-state index in [4.69, 9.17) is 4.98 Å². The van der Waals surface area contributed by atoms with E-state index in [0.717, 1.165) is 47.3 Å². The lowest BCUT2D eigenvalue weighted by Gasteiger charge is -2.11. The molecule has 2 aromatic carbocycles. The van der Waals surface area contributed by atoms with Crippen LogP contribution in [0.2, 0.25) is 0 Å². The van der Waals surface area contributed by atoms with Gasteiger partial charge in [0.2, 0.25) is 0 Å². The van der Waals surface area contributed by atoms with Crippen LogP contribution < -0.4 is 16.0 Å². The van der Waals surface area contributed by atoms with Gasteiger partial charge in [-0.05, 0) is 31.0 Å². The third-order valence-electron chi connectivity index (χ3n) is 4.46. The fourth-order valence-electron chi connectivity index (χ4n) is 2.95. The highest BCUT2D eigenvalue weighted by molar-refractivity contribution is 7.09. The second-order valence-electron chi connectivity index (χ2n) is 6.64. The Morgan fingerprint density at radius 1 is 1.10 bits per heavy atom. The summed E-state index contributed by atoms with van der Waals surface area (Å²) in [6.45, 7) is 4.07. The van der Waals surface area contributed by atoms with E-state index >= 15 is 0 Å². The SMILES string of the molecule is CCNC(=NCc1nc(-c2ccccc2)cs1)NCCc1cccc(C(=O)NC)c1. The molecule has 6 nitrogen and oxygen atoms in total. The van der Waals surface area contributed by atoms with Crippen molar-refractivity contribution in [1.29, 1.82) is 0 Å². The van der Waals surface area contributed by atoms with Gasteiger partial charge in [0.15, 0.2) is 5.96 Å². The largest absolute Gasteiger partial charge is 0.357 e. The Morgan fingerprint density at radius 3 is 2.70 bits per heavy atom. The Kier molecular flexibility index (Phi) is 7.97. The van der Waals surface area contributed by atoms with Gasteiger partial charge in [-0.2, -0.15) is 0 Å². The molecular weight excluding hydrogens is 394 g/mol. The highest BCUT2D eigenvalue weighted by atomic mass is 32.1. The van der Waals surface area contributed by atoms with E-state index in [9.17, 15) is 4.79 Å². The molecule has 0 unspecified atom stereocenters. The molecule has 0 aliphatic carbocycles. The van der Waals surface area contributed by atoms with Crippen molar-refractivity contribution in [3.63, 3.8) is 0 Å². The predicted octanol–water partition coefficient (Wildman–Crippen LogP) is 3.47. The minimum absolute atomic E-state index is 0.0713. The molecule has 0 fully saturated rings. The van der Waals surface area contributed by atoms with Crippen molar-refractivity contribution in [2.75, 3.05) is 20.1 Å². The van der Waals surface area contributed by atoms with E-state index in [1.165, 1.54) is 0 Å². The number of aliphatic imine (C=N–C) groups is 1. The first-order chi connectivity index (χ1) is 14.7. The molecule has 0 radical (unpaired) electrons. The van der Waals surface area contributed by atoms with Gasteiger partial charge >= 0.3 is 0 Å². The van der Waals surface area contributed by atoms with Crippen molar-refractivity contribution in [2.24, 2.45) is 4.99 Å². The minimum Gasteiger partial charge on any atom is -0.357 e. The average Bonchev–Trinajstić information content (AvgIpc) is 3.27. The van der Waals surface area contributed by atoms with E-state index in [1.54, 1.807) is 18.4 Å². The summed E-state index contributed by atoms with van der Waals surface area (Å²) in [5.74, 6) is 0.689. The number of carbonyl (C=O) groups is 1. The van der Waals surface area contributed by atoms with Crippen molar-refractivity contribution >= 4 is 23.2 Å². The number of carbonyl (C=O) groups excluding carboxylic acids is 1. The number of benzene rings is 2. The molecular formula is C23H27N5OS. The molecule has 3 aromatic rings. The summed E-state index contributed by atoms with van der Waals surface area (Å²) < 4.78 is 0.